The number of aromatic nitrogens is 2. The van der Waals surface area contributed by atoms with E-state index in [2.05, 4.69) is 25.8 Å². The van der Waals surface area contributed by atoms with Crippen molar-refractivity contribution in [1.29, 1.82) is 0 Å². The van der Waals surface area contributed by atoms with Gasteiger partial charge in [0, 0.05) is 12.5 Å². The van der Waals surface area contributed by atoms with E-state index in [1.165, 1.54) is 10.6 Å². The van der Waals surface area contributed by atoms with Gasteiger partial charge < -0.3 is 23.7 Å². The highest BCUT2D eigenvalue weighted by atomic mass is 31.2. The fraction of sp³-hybridized carbons (Fsp3) is 0.750. The number of fused-ring (bicyclic) bond motifs is 4. The molecule has 3 N–H and O–H groups in total. The van der Waals surface area contributed by atoms with Crippen LogP contribution in [-0.4, -0.2) is 46.2 Å². The average Bonchev–Trinajstić information content (AvgIpc) is 2.91. The van der Waals surface area contributed by atoms with Gasteiger partial charge in [-0.25, -0.2) is 9.36 Å². The van der Waals surface area contributed by atoms with Crippen molar-refractivity contribution in [2.75, 3.05) is 0 Å². The second kappa shape index (κ2) is 7.54. The number of phosphoric acid groups is 1. The summed E-state index contributed by atoms with van der Waals surface area (Å²) >= 11 is 0. The molecule has 1 aromatic heterocycles. The number of nitrogens with one attached hydrogen (secondary N) is 1. The number of phosphoric ester groups is 1. The second-order valence-electron chi connectivity index (χ2n) is 8.78. The monoisotopic (exact) mass is 450 g/mol. The van der Waals surface area contributed by atoms with E-state index in [0.717, 1.165) is 0 Å². The molecule has 0 spiro atoms. The molecule has 0 amide bonds. The highest BCUT2D eigenvalue weighted by Crippen LogP contribution is 2.46. The third-order valence-corrected chi connectivity index (χ3v) is 10.6. The lowest BCUT2D eigenvalue weighted by atomic mass is 10.2. The Balaban J connectivity index is 2.02. The maximum Gasteiger partial charge on any atom is 0.472 e. The number of hydrogen-bond acceptors (Lipinski definition) is 7. The summed E-state index contributed by atoms with van der Waals surface area (Å²) < 4.78 is 35.5. The maximum atomic E-state index is 12.4. The molecule has 11 nitrogen and oxygen atoms in total. The van der Waals surface area contributed by atoms with Gasteiger partial charge in [-0.1, -0.05) is 20.8 Å². The number of nitrogens with zero attached hydrogens (tertiary/aromatic N) is 1. The van der Waals surface area contributed by atoms with E-state index < -0.39 is 52.1 Å². The standard InChI is InChI=1S/C16H27N2O9PSi/c1-16(2,3)29(4,5)27-10-7-12-18-9(6-11(19)17-15(18)20)8-24-14(13(10)25-12)26-28(21,22)23/h6,10,12-14H,7-8H2,1-5H3,(H,17,19,20)(H2,21,22,23)/t10-,12+,13+,14?/m0/s1. The zero-order valence-corrected chi connectivity index (χ0v) is 18.8. The number of aromatic amines is 1. The van der Waals surface area contributed by atoms with Gasteiger partial charge in [-0.2, -0.15) is 0 Å². The Hall–Kier alpha value is -1.11. The first kappa shape index (κ1) is 22.6. The molecule has 13 heteroatoms. The third kappa shape index (κ3) is 4.80. The molecule has 2 aliphatic heterocycles. The van der Waals surface area contributed by atoms with E-state index >= 15 is 0 Å². The summed E-state index contributed by atoms with van der Waals surface area (Å²) in [4.78, 5) is 44.9. The minimum atomic E-state index is -4.90. The Morgan fingerprint density at radius 2 is 1.97 bits per heavy atom. The van der Waals surface area contributed by atoms with E-state index in [4.69, 9.17) is 18.4 Å². The first-order valence-electron chi connectivity index (χ1n) is 9.21. The predicted octanol–water partition coefficient (Wildman–Crippen LogP) is 1.18. The molecule has 0 aromatic carbocycles. The van der Waals surface area contributed by atoms with E-state index in [9.17, 15) is 23.9 Å². The molecule has 0 aliphatic carbocycles. The van der Waals surface area contributed by atoms with Crippen LogP contribution in [-0.2, 0) is 29.6 Å². The molecule has 1 unspecified atom stereocenters. The molecule has 1 saturated heterocycles. The first-order valence-corrected chi connectivity index (χ1v) is 13.7. The summed E-state index contributed by atoms with van der Waals surface area (Å²) in [5, 5.41) is -0.129. The van der Waals surface area contributed by atoms with Crippen LogP contribution in [0.5, 0.6) is 0 Å². The van der Waals surface area contributed by atoms with Crippen LogP contribution in [0.3, 0.4) is 0 Å². The van der Waals surface area contributed by atoms with Crippen molar-refractivity contribution < 1.29 is 32.8 Å². The average molecular weight is 450 g/mol. The van der Waals surface area contributed by atoms with Crippen LogP contribution in [0.4, 0.5) is 0 Å². The smallest absolute Gasteiger partial charge is 0.411 e. The highest BCUT2D eigenvalue weighted by Gasteiger charge is 2.50. The highest BCUT2D eigenvalue weighted by molar-refractivity contribution is 7.46. The van der Waals surface area contributed by atoms with Crippen molar-refractivity contribution in [2.24, 2.45) is 0 Å². The molecular formula is C16H27N2O9PSi. The minimum Gasteiger partial charge on any atom is -0.411 e. The molecule has 2 bridgehead atoms. The van der Waals surface area contributed by atoms with Crippen molar-refractivity contribution in [3.05, 3.63) is 32.6 Å². The lowest BCUT2D eigenvalue weighted by Crippen LogP contribution is -2.49. The van der Waals surface area contributed by atoms with Crippen LogP contribution >= 0.6 is 7.82 Å². The summed E-state index contributed by atoms with van der Waals surface area (Å²) in [6.07, 6.45) is -3.57. The quantitative estimate of drug-likeness (QED) is 0.454. The number of H-pyrrole nitrogens is 1. The van der Waals surface area contributed by atoms with Gasteiger partial charge >= 0.3 is 13.5 Å². The summed E-state index contributed by atoms with van der Waals surface area (Å²) in [6.45, 7) is 9.99. The van der Waals surface area contributed by atoms with E-state index in [-0.39, 0.29) is 23.8 Å². The fourth-order valence-electron chi connectivity index (χ4n) is 3.20. The maximum absolute atomic E-state index is 12.4. The van der Waals surface area contributed by atoms with Gasteiger partial charge in [-0.15, -0.1) is 0 Å². The molecule has 1 aromatic rings. The zero-order chi connectivity index (χ0) is 21.8. The lowest BCUT2D eigenvalue weighted by Gasteiger charge is -2.40. The van der Waals surface area contributed by atoms with Crippen LogP contribution in [0.25, 0.3) is 0 Å². The predicted molar refractivity (Wildman–Crippen MR) is 104 cm³/mol. The molecule has 0 radical (unpaired) electrons. The van der Waals surface area contributed by atoms with E-state index in [1.807, 2.05) is 13.1 Å². The van der Waals surface area contributed by atoms with Crippen LogP contribution in [0.15, 0.2) is 15.7 Å². The normalized spacial score (nSPS) is 28.0. The Morgan fingerprint density at radius 1 is 1.31 bits per heavy atom. The molecule has 3 rings (SSSR count). The molecule has 2 aliphatic rings. The summed E-state index contributed by atoms with van der Waals surface area (Å²) in [5.74, 6) is 0. The van der Waals surface area contributed by atoms with Crippen molar-refractivity contribution in [1.82, 2.24) is 9.55 Å². The molecule has 0 saturated carbocycles. The van der Waals surface area contributed by atoms with Gasteiger partial charge in [0.1, 0.15) is 12.3 Å². The van der Waals surface area contributed by atoms with Crippen molar-refractivity contribution >= 4 is 16.1 Å². The summed E-state index contributed by atoms with van der Waals surface area (Å²) in [7, 11) is -7.19. The van der Waals surface area contributed by atoms with Gasteiger partial charge in [-0.3, -0.25) is 18.9 Å². The molecule has 4 atom stereocenters. The number of hydrogen-bond donors (Lipinski definition) is 3. The molecule has 1 fully saturated rings. The van der Waals surface area contributed by atoms with Gasteiger partial charge in [0.05, 0.1) is 18.4 Å². The second-order valence-corrected chi connectivity index (χ2v) is 14.7. The first-order chi connectivity index (χ1) is 13.2. The molecule has 3 heterocycles. The Labute approximate surface area is 168 Å². The van der Waals surface area contributed by atoms with Crippen molar-refractivity contribution in [2.45, 2.75) is 76.7 Å². The summed E-state index contributed by atoms with van der Waals surface area (Å²) in [6, 6.07) is 1.18. The molecule has 164 valence electrons. The topological polar surface area (TPSA) is 149 Å². The van der Waals surface area contributed by atoms with Crippen LogP contribution in [0, 0.1) is 0 Å². The van der Waals surface area contributed by atoms with Gasteiger partial charge in [0.15, 0.2) is 14.6 Å². The molecule has 29 heavy (non-hydrogen) atoms. The number of ether oxygens (including phenoxy) is 2. The summed E-state index contributed by atoms with van der Waals surface area (Å²) in [5.41, 5.74) is -1.04. The SMILES string of the molecule is CC(C)(C)[Si](C)(C)O[C@H]1C[C@H]2O[C@H]1C(OP(=O)(O)O)OCc1cc(=O)[nH]c(=O)n12. The Kier molecular flexibility index (Phi) is 5.87. The van der Waals surface area contributed by atoms with Crippen LogP contribution in [0.1, 0.15) is 39.1 Å². The van der Waals surface area contributed by atoms with Crippen LogP contribution < -0.4 is 11.2 Å². The Bertz CT molecular complexity index is 932. The van der Waals surface area contributed by atoms with E-state index in [0.29, 0.717) is 0 Å². The number of rotatable bonds is 4. The van der Waals surface area contributed by atoms with Gasteiger partial charge in [-0.05, 0) is 18.1 Å². The zero-order valence-electron chi connectivity index (χ0n) is 16.9. The lowest BCUT2D eigenvalue weighted by molar-refractivity contribution is -0.202. The largest absolute Gasteiger partial charge is 0.472 e. The van der Waals surface area contributed by atoms with Crippen molar-refractivity contribution in [3.63, 3.8) is 0 Å². The van der Waals surface area contributed by atoms with E-state index in [1.54, 1.807) is 0 Å². The fourth-order valence-corrected chi connectivity index (χ4v) is 4.99. The van der Waals surface area contributed by atoms with Gasteiger partial charge in [0.2, 0.25) is 0 Å². The van der Waals surface area contributed by atoms with Crippen LogP contribution in [0.2, 0.25) is 18.1 Å². The van der Waals surface area contributed by atoms with Crippen molar-refractivity contribution in [3.8, 4) is 0 Å². The Morgan fingerprint density at radius 3 is 2.55 bits per heavy atom. The third-order valence-electron chi connectivity index (χ3n) is 5.62. The molecular weight excluding hydrogens is 423 g/mol. The van der Waals surface area contributed by atoms with Gasteiger partial charge in [0.25, 0.3) is 5.56 Å². The minimum absolute atomic E-state index is 0.129.